The third-order valence-corrected chi connectivity index (χ3v) is 5.83. The molecule has 27 heavy (non-hydrogen) atoms. The third-order valence-electron chi connectivity index (χ3n) is 3.81. The SMILES string of the molecule is CC(Sc1nnc(Nc2ccccc2)s1)C(=O)NC(C)c1ccc(F)cc1. The lowest BCUT2D eigenvalue weighted by Gasteiger charge is -2.17. The molecular weight excluding hydrogens is 383 g/mol. The second-order valence-corrected chi connectivity index (χ2v) is 8.47. The number of nitrogens with zero attached hydrogens (tertiary/aromatic N) is 2. The van der Waals surface area contributed by atoms with Crippen LogP contribution in [0.1, 0.15) is 25.5 Å². The molecular formula is C19H19FN4OS2. The van der Waals surface area contributed by atoms with Crippen molar-refractivity contribution in [2.45, 2.75) is 29.5 Å². The number of para-hydroxylation sites is 1. The van der Waals surface area contributed by atoms with Gasteiger partial charge in [-0.05, 0) is 43.7 Å². The maximum atomic E-state index is 13.0. The molecule has 3 aromatic rings. The van der Waals surface area contributed by atoms with Gasteiger partial charge >= 0.3 is 0 Å². The number of hydrogen-bond acceptors (Lipinski definition) is 6. The van der Waals surface area contributed by atoms with Crippen LogP contribution < -0.4 is 10.6 Å². The summed E-state index contributed by atoms with van der Waals surface area (Å²) in [5.41, 5.74) is 1.79. The zero-order chi connectivity index (χ0) is 19.2. The Balaban J connectivity index is 1.54. The molecule has 0 aliphatic carbocycles. The Morgan fingerprint density at radius 2 is 1.78 bits per heavy atom. The van der Waals surface area contributed by atoms with E-state index in [0.717, 1.165) is 11.3 Å². The van der Waals surface area contributed by atoms with Crippen LogP contribution in [0.2, 0.25) is 0 Å². The molecule has 0 saturated carbocycles. The van der Waals surface area contributed by atoms with Gasteiger partial charge in [-0.15, -0.1) is 10.2 Å². The molecule has 0 fully saturated rings. The van der Waals surface area contributed by atoms with Crippen LogP contribution in [0.25, 0.3) is 0 Å². The first-order valence-electron chi connectivity index (χ1n) is 8.39. The highest BCUT2D eigenvalue weighted by atomic mass is 32.2. The van der Waals surface area contributed by atoms with E-state index in [0.29, 0.717) is 9.47 Å². The molecule has 140 valence electrons. The number of carbonyl (C=O) groups is 1. The number of carbonyl (C=O) groups excluding carboxylic acids is 1. The topological polar surface area (TPSA) is 66.9 Å². The van der Waals surface area contributed by atoms with Crippen LogP contribution in [0.15, 0.2) is 58.9 Å². The van der Waals surface area contributed by atoms with Gasteiger partial charge in [0.1, 0.15) is 5.82 Å². The lowest BCUT2D eigenvalue weighted by molar-refractivity contribution is -0.120. The normalized spacial score (nSPS) is 13.0. The predicted molar refractivity (Wildman–Crippen MR) is 108 cm³/mol. The van der Waals surface area contributed by atoms with E-state index >= 15 is 0 Å². The van der Waals surface area contributed by atoms with Gasteiger partial charge in [0.05, 0.1) is 11.3 Å². The van der Waals surface area contributed by atoms with E-state index in [1.807, 2.05) is 44.2 Å². The summed E-state index contributed by atoms with van der Waals surface area (Å²) in [7, 11) is 0. The molecule has 3 rings (SSSR count). The molecule has 2 N–H and O–H groups in total. The number of aromatic nitrogens is 2. The zero-order valence-electron chi connectivity index (χ0n) is 14.8. The highest BCUT2D eigenvalue weighted by Gasteiger charge is 2.19. The zero-order valence-corrected chi connectivity index (χ0v) is 16.5. The fourth-order valence-corrected chi connectivity index (χ4v) is 4.25. The summed E-state index contributed by atoms with van der Waals surface area (Å²) in [5.74, 6) is -0.401. The van der Waals surface area contributed by atoms with Crippen LogP contribution in [-0.4, -0.2) is 21.4 Å². The maximum absolute atomic E-state index is 13.0. The Labute approximate surface area is 165 Å². The van der Waals surface area contributed by atoms with Crippen molar-refractivity contribution in [3.8, 4) is 0 Å². The number of hydrogen-bond donors (Lipinski definition) is 2. The number of anilines is 2. The predicted octanol–water partition coefficient (Wildman–Crippen LogP) is 4.78. The minimum atomic E-state index is -0.328. The average molecular weight is 403 g/mol. The average Bonchev–Trinajstić information content (AvgIpc) is 3.09. The van der Waals surface area contributed by atoms with Gasteiger partial charge < -0.3 is 10.6 Å². The first-order chi connectivity index (χ1) is 13.0. The molecule has 0 saturated heterocycles. The van der Waals surface area contributed by atoms with Gasteiger partial charge in [-0.25, -0.2) is 4.39 Å². The molecule has 2 atom stereocenters. The minimum Gasteiger partial charge on any atom is -0.349 e. The van der Waals surface area contributed by atoms with Crippen molar-refractivity contribution in [3.63, 3.8) is 0 Å². The second kappa shape index (κ2) is 8.96. The summed E-state index contributed by atoms with van der Waals surface area (Å²) < 4.78 is 13.7. The molecule has 1 amide bonds. The highest BCUT2D eigenvalue weighted by molar-refractivity contribution is 8.02. The van der Waals surface area contributed by atoms with E-state index in [1.54, 1.807) is 12.1 Å². The Kier molecular flexibility index (Phi) is 6.41. The van der Waals surface area contributed by atoms with E-state index in [9.17, 15) is 9.18 Å². The number of benzene rings is 2. The molecule has 0 aliphatic heterocycles. The number of rotatable bonds is 7. The quantitative estimate of drug-likeness (QED) is 0.557. The molecule has 0 spiro atoms. The van der Waals surface area contributed by atoms with E-state index in [1.165, 1.54) is 35.2 Å². The van der Waals surface area contributed by atoms with Crippen molar-refractivity contribution in [2.24, 2.45) is 0 Å². The van der Waals surface area contributed by atoms with Crippen LogP contribution in [0.4, 0.5) is 15.2 Å². The van der Waals surface area contributed by atoms with Gasteiger partial charge in [0.2, 0.25) is 11.0 Å². The smallest absolute Gasteiger partial charge is 0.233 e. The first kappa shape index (κ1) is 19.3. The molecule has 1 aromatic heterocycles. The Hall–Kier alpha value is -2.45. The number of nitrogens with one attached hydrogen (secondary N) is 2. The number of halogens is 1. The van der Waals surface area contributed by atoms with Crippen molar-refractivity contribution in [2.75, 3.05) is 5.32 Å². The van der Waals surface area contributed by atoms with Crippen molar-refractivity contribution < 1.29 is 9.18 Å². The molecule has 1 heterocycles. The Morgan fingerprint density at radius 1 is 1.07 bits per heavy atom. The highest BCUT2D eigenvalue weighted by Crippen LogP contribution is 2.30. The van der Waals surface area contributed by atoms with E-state index in [4.69, 9.17) is 0 Å². The molecule has 0 aliphatic rings. The lowest BCUT2D eigenvalue weighted by atomic mass is 10.1. The summed E-state index contributed by atoms with van der Waals surface area (Å²) in [6.45, 7) is 3.69. The van der Waals surface area contributed by atoms with Crippen molar-refractivity contribution in [1.82, 2.24) is 15.5 Å². The van der Waals surface area contributed by atoms with Crippen LogP contribution >= 0.6 is 23.1 Å². The lowest BCUT2D eigenvalue weighted by Crippen LogP contribution is -2.33. The summed E-state index contributed by atoms with van der Waals surface area (Å²) >= 11 is 2.75. The van der Waals surface area contributed by atoms with Crippen LogP contribution in [0, 0.1) is 5.82 Å². The molecule has 2 aromatic carbocycles. The van der Waals surface area contributed by atoms with E-state index in [2.05, 4.69) is 20.8 Å². The summed E-state index contributed by atoms with van der Waals surface area (Å²) in [6.07, 6.45) is 0. The van der Waals surface area contributed by atoms with Gasteiger partial charge in [0.15, 0.2) is 4.34 Å². The molecule has 0 radical (unpaired) electrons. The molecule has 0 bridgehead atoms. The van der Waals surface area contributed by atoms with E-state index < -0.39 is 0 Å². The van der Waals surface area contributed by atoms with Gasteiger partial charge in [-0.2, -0.15) is 0 Å². The number of amides is 1. The van der Waals surface area contributed by atoms with Crippen molar-refractivity contribution >= 4 is 39.8 Å². The second-order valence-electron chi connectivity index (χ2n) is 5.91. The molecule has 8 heteroatoms. The molecule has 5 nitrogen and oxygen atoms in total. The summed E-state index contributed by atoms with van der Waals surface area (Å²) in [5, 5.41) is 14.7. The largest absolute Gasteiger partial charge is 0.349 e. The Morgan fingerprint density at radius 3 is 2.48 bits per heavy atom. The van der Waals surface area contributed by atoms with Gasteiger partial charge in [-0.3, -0.25) is 4.79 Å². The van der Waals surface area contributed by atoms with Gasteiger partial charge in [0, 0.05) is 5.69 Å². The van der Waals surface area contributed by atoms with Crippen LogP contribution in [0.5, 0.6) is 0 Å². The van der Waals surface area contributed by atoms with Crippen molar-refractivity contribution in [3.05, 3.63) is 66.0 Å². The summed E-state index contributed by atoms with van der Waals surface area (Å²) in [6, 6.07) is 15.6. The van der Waals surface area contributed by atoms with Gasteiger partial charge in [-0.1, -0.05) is 53.4 Å². The molecule has 2 unspecified atom stereocenters. The third kappa shape index (κ3) is 5.51. The maximum Gasteiger partial charge on any atom is 0.233 e. The fourth-order valence-electron chi connectivity index (χ4n) is 2.32. The summed E-state index contributed by atoms with van der Waals surface area (Å²) in [4.78, 5) is 12.4. The minimum absolute atomic E-state index is 0.107. The van der Waals surface area contributed by atoms with Gasteiger partial charge in [0.25, 0.3) is 0 Å². The fraction of sp³-hybridized carbons (Fsp3) is 0.211. The van der Waals surface area contributed by atoms with E-state index in [-0.39, 0.29) is 23.0 Å². The Bertz CT molecular complexity index is 886. The van der Waals surface area contributed by atoms with Crippen LogP contribution in [0.3, 0.4) is 0 Å². The van der Waals surface area contributed by atoms with Crippen LogP contribution in [-0.2, 0) is 4.79 Å². The monoisotopic (exact) mass is 402 g/mol. The van der Waals surface area contributed by atoms with Crippen molar-refractivity contribution in [1.29, 1.82) is 0 Å². The standard InChI is InChI=1S/C19H19FN4OS2/c1-12(14-8-10-15(20)11-9-14)21-17(25)13(2)26-19-24-23-18(27-19)22-16-6-4-3-5-7-16/h3-13H,1-2H3,(H,21,25)(H,22,23). The number of thioether (sulfide) groups is 1. The first-order valence-corrected chi connectivity index (χ1v) is 10.1.